The van der Waals surface area contributed by atoms with Crippen LogP contribution in [0.25, 0.3) is 0 Å². The van der Waals surface area contributed by atoms with Gasteiger partial charge >= 0.3 is 6.03 Å². The number of carbonyl (C=O) groups excluding carboxylic acids is 2. The van der Waals surface area contributed by atoms with E-state index in [9.17, 15) is 9.59 Å². The summed E-state index contributed by atoms with van der Waals surface area (Å²) in [6.07, 6.45) is 5.52. The normalized spacial score (nSPS) is 21.9. The molecule has 6 nitrogen and oxygen atoms in total. The predicted molar refractivity (Wildman–Crippen MR) is 141 cm³/mol. The number of aryl methyl sites for hydroxylation is 1. The maximum absolute atomic E-state index is 13.8. The first kappa shape index (κ1) is 24.8. The van der Waals surface area contributed by atoms with E-state index in [0.29, 0.717) is 32.0 Å². The van der Waals surface area contributed by atoms with Crippen LogP contribution in [-0.2, 0) is 24.1 Å². The van der Waals surface area contributed by atoms with E-state index in [2.05, 4.69) is 43.0 Å². The molecule has 0 bridgehead atoms. The first-order valence-electron chi connectivity index (χ1n) is 13.5. The Labute approximate surface area is 215 Å². The Hall–Kier alpha value is -2.86. The summed E-state index contributed by atoms with van der Waals surface area (Å²) >= 11 is 0. The molecule has 192 valence electrons. The van der Waals surface area contributed by atoms with E-state index in [4.69, 9.17) is 4.74 Å². The zero-order valence-corrected chi connectivity index (χ0v) is 21.9. The first-order chi connectivity index (χ1) is 17.4. The van der Waals surface area contributed by atoms with Gasteiger partial charge < -0.3 is 9.64 Å². The van der Waals surface area contributed by atoms with Gasteiger partial charge in [0.15, 0.2) is 0 Å². The smallest absolute Gasteiger partial charge is 0.327 e. The number of amides is 3. The van der Waals surface area contributed by atoms with Gasteiger partial charge in [-0.1, -0.05) is 50.2 Å². The van der Waals surface area contributed by atoms with Crippen LogP contribution in [0.2, 0.25) is 0 Å². The minimum Gasteiger partial charge on any atom is -0.497 e. The molecule has 2 fully saturated rings. The topological polar surface area (TPSA) is 53.1 Å². The molecule has 2 aromatic carbocycles. The van der Waals surface area contributed by atoms with Crippen LogP contribution in [0.1, 0.15) is 49.8 Å². The number of carbonyl (C=O) groups is 2. The van der Waals surface area contributed by atoms with E-state index in [1.54, 1.807) is 7.11 Å². The Morgan fingerprint density at radius 2 is 1.69 bits per heavy atom. The predicted octanol–water partition coefficient (Wildman–Crippen LogP) is 4.55. The minimum atomic E-state index is -0.707. The lowest BCUT2D eigenvalue weighted by Gasteiger charge is -2.45. The number of piperidine rings is 1. The fourth-order valence-corrected chi connectivity index (χ4v) is 6.38. The fraction of sp³-hybridized carbons (Fsp3) is 0.533. The molecule has 3 amide bonds. The van der Waals surface area contributed by atoms with Crippen LogP contribution in [-0.4, -0.2) is 71.5 Å². The third-order valence-electron chi connectivity index (χ3n) is 8.42. The number of imide groups is 1. The summed E-state index contributed by atoms with van der Waals surface area (Å²) in [6.45, 7) is 6.90. The molecule has 36 heavy (non-hydrogen) atoms. The van der Waals surface area contributed by atoms with Crippen LogP contribution >= 0.6 is 0 Å². The lowest BCUT2D eigenvalue weighted by Crippen LogP contribution is -2.58. The van der Waals surface area contributed by atoms with E-state index in [-0.39, 0.29) is 17.9 Å². The molecule has 5 rings (SSSR count). The second-order valence-corrected chi connectivity index (χ2v) is 11.1. The van der Waals surface area contributed by atoms with Gasteiger partial charge in [-0.2, -0.15) is 0 Å². The molecule has 1 aliphatic carbocycles. The highest BCUT2D eigenvalue weighted by Crippen LogP contribution is 2.39. The number of ether oxygens (including phenoxy) is 1. The second kappa shape index (κ2) is 10.3. The number of fused-ring (bicyclic) bond motifs is 1. The average Bonchev–Trinajstić information content (AvgIpc) is 3.08. The minimum absolute atomic E-state index is 0.0181. The lowest BCUT2D eigenvalue weighted by molar-refractivity contribution is -0.136. The van der Waals surface area contributed by atoms with Crippen molar-refractivity contribution >= 4 is 11.9 Å². The van der Waals surface area contributed by atoms with E-state index in [1.165, 1.54) is 16.0 Å². The molecule has 0 radical (unpaired) electrons. The Morgan fingerprint density at radius 1 is 1.00 bits per heavy atom. The van der Waals surface area contributed by atoms with Crippen molar-refractivity contribution in [3.8, 4) is 5.75 Å². The van der Waals surface area contributed by atoms with Crippen molar-refractivity contribution in [2.75, 3.05) is 33.3 Å². The lowest BCUT2D eigenvalue weighted by atomic mass is 9.82. The second-order valence-electron chi connectivity index (χ2n) is 11.1. The van der Waals surface area contributed by atoms with Crippen LogP contribution in [0.4, 0.5) is 4.79 Å². The summed E-state index contributed by atoms with van der Waals surface area (Å²) in [5, 5.41) is 0. The standard InChI is InChI=1S/C30H39N3O3/c1-22(2)21-32-28(34)30(33(29(32)35)17-14-23-8-12-27(36-3)13-9-23)15-18-31(19-16-30)26-11-10-24-6-4-5-7-25(24)20-26/h4-9,12-13,22,26H,10-11,14-21H2,1-3H3/t26-/m1/s1. The molecule has 2 aliphatic heterocycles. The maximum atomic E-state index is 13.8. The monoisotopic (exact) mass is 489 g/mol. The van der Waals surface area contributed by atoms with Gasteiger partial charge in [0.05, 0.1) is 7.11 Å². The summed E-state index contributed by atoms with van der Waals surface area (Å²) in [7, 11) is 1.66. The highest BCUT2D eigenvalue weighted by molar-refractivity contribution is 6.07. The zero-order chi connectivity index (χ0) is 25.3. The Morgan fingerprint density at radius 3 is 2.36 bits per heavy atom. The van der Waals surface area contributed by atoms with Gasteiger partial charge in [0.1, 0.15) is 11.3 Å². The molecular formula is C30H39N3O3. The molecule has 0 N–H and O–H groups in total. The molecule has 3 aliphatic rings. The molecular weight excluding hydrogens is 450 g/mol. The SMILES string of the molecule is COc1ccc(CCN2C(=O)N(CC(C)C)C(=O)C23CCN([C@@H]2CCc4ccccc4C2)CC3)cc1. The summed E-state index contributed by atoms with van der Waals surface area (Å²) in [6, 6.07) is 17.2. The van der Waals surface area contributed by atoms with E-state index in [1.807, 2.05) is 29.2 Å². The molecule has 0 unspecified atom stereocenters. The fourth-order valence-electron chi connectivity index (χ4n) is 6.38. The molecule has 2 saturated heterocycles. The van der Waals surface area contributed by atoms with Crippen molar-refractivity contribution in [3.63, 3.8) is 0 Å². The first-order valence-corrected chi connectivity index (χ1v) is 13.5. The summed E-state index contributed by atoms with van der Waals surface area (Å²) in [4.78, 5) is 33.4. The number of urea groups is 1. The number of nitrogens with zero attached hydrogens (tertiary/aromatic N) is 3. The van der Waals surface area contributed by atoms with Crippen LogP contribution < -0.4 is 4.74 Å². The number of hydrogen-bond donors (Lipinski definition) is 0. The quantitative estimate of drug-likeness (QED) is 0.536. The van der Waals surface area contributed by atoms with Gasteiger partial charge in [-0.15, -0.1) is 0 Å². The molecule has 0 saturated carbocycles. The molecule has 2 heterocycles. The van der Waals surface area contributed by atoms with Crippen molar-refractivity contribution in [3.05, 3.63) is 65.2 Å². The van der Waals surface area contributed by atoms with E-state index in [0.717, 1.165) is 50.1 Å². The molecule has 0 aromatic heterocycles. The maximum Gasteiger partial charge on any atom is 0.327 e. The van der Waals surface area contributed by atoms with Gasteiger partial charge in [-0.3, -0.25) is 14.6 Å². The van der Waals surface area contributed by atoms with Crippen molar-refractivity contribution < 1.29 is 14.3 Å². The highest BCUT2D eigenvalue weighted by atomic mass is 16.5. The van der Waals surface area contributed by atoms with Crippen molar-refractivity contribution in [2.24, 2.45) is 5.92 Å². The number of hydrogen-bond acceptors (Lipinski definition) is 4. The number of methoxy groups -OCH3 is 1. The highest BCUT2D eigenvalue weighted by Gasteiger charge is 2.57. The van der Waals surface area contributed by atoms with Gasteiger partial charge in [0.25, 0.3) is 5.91 Å². The number of rotatable bonds is 7. The molecule has 6 heteroatoms. The van der Waals surface area contributed by atoms with Gasteiger partial charge in [0.2, 0.25) is 0 Å². The Kier molecular flexibility index (Phi) is 7.07. The summed E-state index contributed by atoms with van der Waals surface area (Å²) in [5.41, 5.74) is 3.38. The number of likely N-dealkylation sites (tertiary alicyclic amines) is 1. The number of benzene rings is 2. The third-order valence-corrected chi connectivity index (χ3v) is 8.42. The van der Waals surface area contributed by atoms with Crippen molar-refractivity contribution in [1.29, 1.82) is 0 Å². The summed E-state index contributed by atoms with van der Waals surface area (Å²) in [5.74, 6) is 1.09. The van der Waals surface area contributed by atoms with Gasteiger partial charge in [0, 0.05) is 32.2 Å². The van der Waals surface area contributed by atoms with E-state index >= 15 is 0 Å². The molecule has 1 spiro atoms. The van der Waals surface area contributed by atoms with E-state index < -0.39 is 5.54 Å². The van der Waals surface area contributed by atoms with Crippen LogP contribution in [0.3, 0.4) is 0 Å². The third kappa shape index (κ3) is 4.63. The Balaban J connectivity index is 1.31. The van der Waals surface area contributed by atoms with Crippen LogP contribution in [0, 0.1) is 5.92 Å². The average molecular weight is 490 g/mol. The molecule has 1 atom stereocenters. The largest absolute Gasteiger partial charge is 0.497 e. The zero-order valence-electron chi connectivity index (χ0n) is 21.9. The van der Waals surface area contributed by atoms with Gasteiger partial charge in [-0.25, -0.2) is 4.79 Å². The van der Waals surface area contributed by atoms with Crippen LogP contribution in [0.5, 0.6) is 5.75 Å². The van der Waals surface area contributed by atoms with Crippen LogP contribution in [0.15, 0.2) is 48.5 Å². The Bertz CT molecular complexity index is 1090. The van der Waals surface area contributed by atoms with Crippen molar-refractivity contribution in [1.82, 2.24) is 14.7 Å². The van der Waals surface area contributed by atoms with Crippen molar-refractivity contribution in [2.45, 2.75) is 64.0 Å². The molecule has 2 aromatic rings. The summed E-state index contributed by atoms with van der Waals surface area (Å²) < 4.78 is 5.28. The van der Waals surface area contributed by atoms with Gasteiger partial charge in [-0.05, 0) is 73.3 Å².